The molecule has 0 aliphatic heterocycles. The number of ether oxygens (including phenoxy) is 1. The Kier molecular flexibility index (Phi) is 7.02. The van der Waals surface area contributed by atoms with Gasteiger partial charge in [-0.3, -0.25) is 9.78 Å². The van der Waals surface area contributed by atoms with Gasteiger partial charge in [-0.25, -0.2) is 9.97 Å². The van der Waals surface area contributed by atoms with E-state index in [0.29, 0.717) is 5.56 Å². The molecule has 0 saturated carbocycles. The van der Waals surface area contributed by atoms with Crippen molar-refractivity contribution in [2.75, 3.05) is 7.11 Å². The van der Waals surface area contributed by atoms with Gasteiger partial charge in [-0.05, 0) is 42.8 Å². The van der Waals surface area contributed by atoms with Crippen molar-refractivity contribution in [3.05, 3.63) is 71.0 Å². The van der Waals surface area contributed by atoms with E-state index < -0.39 is 35.7 Å². The van der Waals surface area contributed by atoms with Gasteiger partial charge in [0.2, 0.25) is 5.89 Å². The highest BCUT2D eigenvalue weighted by molar-refractivity contribution is 5.98. The van der Waals surface area contributed by atoms with Gasteiger partial charge in [0.15, 0.2) is 11.5 Å². The predicted octanol–water partition coefficient (Wildman–Crippen LogP) is 5.28. The number of hydrogen-bond donors (Lipinski definition) is 2. The molecule has 0 aliphatic rings. The van der Waals surface area contributed by atoms with Crippen LogP contribution in [0.4, 0.5) is 26.3 Å². The zero-order valence-corrected chi connectivity index (χ0v) is 19.7. The van der Waals surface area contributed by atoms with Gasteiger partial charge in [-0.2, -0.15) is 26.3 Å². The minimum atomic E-state index is -4.69. The second-order valence-corrected chi connectivity index (χ2v) is 8.16. The van der Waals surface area contributed by atoms with Gasteiger partial charge in [0.05, 0.1) is 13.2 Å². The average molecular weight is 539 g/mol. The molecular weight excluding hydrogens is 520 g/mol. The number of pyridine rings is 2. The van der Waals surface area contributed by atoms with Crippen molar-refractivity contribution in [3.8, 4) is 17.2 Å². The van der Waals surface area contributed by atoms with Crippen molar-refractivity contribution in [1.29, 1.82) is 0 Å². The number of nitrogens with zero attached hydrogens (tertiary/aromatic N) is 3. The summed E-state index contributed by atoms with van der Waals surface area (Å²) in [4.78, 5) is 24.1. The first kappa shape index (κ1) is 26.9. The van der Waals surface area contributed by atoms with E-state index in [4.69, 9.17) is 14.9 Å². The van der Waals surface area contributed by atoms with Crippen molar-refractivity contribution < 1.29 is 40.3 Å². The van der Waals surface area contributed by atoms with Crippen LogP contribution in [0.1, 0.15) is 46.2 Å². The average Bonchev–Trinajstić information content (AvgIpc) is 3.31. The number of methoxy groups -OCH3 is 1. The lowest BCUT2D eigenvalue weighted by atomic mass is 10.1. The Morgan fingerprint density at radius 1 is 1.03 bits per heavy atom. The van der Waals surface area contributed by atoms with Gasteiger partial charge in [0.25, 0.3) is 5.91 Å². The molecule has 1 amide bonds. The Morgan fingerprint density at radius 2 is 1.71 bits per heavy atom. The highest BCUT2D eigenvalue weighted by Gasteiger charge is 2.34. The van der Waals surface area contributed by atoms with Crippen molar-refractivity contribution in [2.24, 2.45) is 5.73 Å². The maximum atomic E-state index is 13.2. The van der Waals surface area contributed by atoms with Crippen LogP contribution >= 0.6 is 0 Å². The van der Waals surface area contributed by atoms with Crippen LogP contribution in [0.3, 0.4) is 0 Å². The van der Waals surface area contributed by atoms with Gasteiger partial charge in [0, 0.05) is 23.7 Å². The first-order valence-corrected chi connectivity index (χ1v) is 10.9. The minimum absolute atomic E-state index is 0.00752. The van der Waals surface area contributed by atoms with Crippen LogP contribution in [0.5, 0.6) is 5.75 Å². The Hall–Kier alpha value is -4.20. The number of rotatable bonds is 6. The molecule has 0 radical (unpaired) electrons. The van der Waals surface area contributed by atoms with E-state index in [0.717, 1.165) is 18.3 Å². The molecule has 8 nitrogen and oxygen atoms in total. The molecule has 4 rings (SSSR count). The van der Waals surface area contributed by atoms with Crippen LogP contribution in [0.25, 0.3) is 22.4 Å². The number of fused-ring (bicyclic) bond motifs is 1. The zero-order chi connectivity index (χ0) is 27.8. The van der Waals surface area contributed by atoms with E-state index in [1.54, 1.807) is 0 Å². The summed E-state index contributed by atoms with van der Waals surface area (Å²) in [6, 6.07) is 6.02. The molecule has 0 bridgehead atoms. The fourth-order valence-corrected chi connectivity index (χ4v) is 3.58. The van der Waals surface area contributed by atoms with Crippen molar-refractivity contribution in [3.63, 3.8) is 0 Å². The third-order valence-corrected chi connectivity index (χ3v) is 5.41. The molecule has 1 atom stereocenters. The van der Waals surface area contributed by atoms with E-state index in [1.807, 2.05) is 0 Å². The van der Waals surface area contributed by atoms with Crippen LogP contribution in [-0.2, 0) is 18.9 Å². The number of oxazole rings is 1. The number of alkyl halides is 6. The molecule has 0 saturated heterocycles. The molecule has 0 aliphatic carbocycles. The number of carbonyl (C=O) groups excluding carboxylic acids is 1. The summed E-state index contributed by atoms with van der Waals surface area (Å²) >= 11 is 0. The Balaban J connectivity index is 1.67. The molecule has 0 fully saturated rings. The summed E-state index contributed by atoms with van der Waals surface area (Å²) in [5, 5.41) is 2.74. The second kappa shape index (κ2) is 9.93. The van der Waals surface area contributed by atoms with E-state index in [1.165, 1.54) is 38.3 Å². The molecule has 0 spiro atoms. The Morgan fingerprint density at radius 3 is 2.29 bits per heavy atom. The summed E-state index contributed by atoms with van der Waals surface area (Å²) in [6.07, 6.45) is -8.30. The lowest BCUT2D eigenvalue weighted by Crippen LogP contribution is -2.25. The number of nitrogens with two attached hydrogens (primary N) is 1. The summed E-state index contributed by atoms with van der Waals surface area (Å²) in [5.41, 5.74) is 3.99. The Bertz CT molecular complexity index is 1480. The number of aromatic nitrogens is 3. The number of benzene rings is 1. The third-order valence-electron chi connectivity index (χ3n) is 5.41. The predicted molar refractivity (Wildman–Crippen MR) is 122 cm³/mol. The topological polar surface area (TPSA) is 116 Å². The summed E-state index contributed by atoms with van der Waals surface area (Å²) in [7, 11) is 1.28. The highest BCUT2D eigenvalue weighted by Crippen LogP contribution is 2.37. The zero-order valence-electron chi connectivity index (χ0n) is 19.7. The minimum Gasteiger partial charge on any atom is -0.494 e. The van der Waals surface area contributed by atoms with Crippen LogP contribution < -0.4 is 15.8 Å². The van der Waals surface area contributed by atoms with E-state index in [2.05, 4.69) is 20.3 Å². The van der Waals surface area contributed by atoms with Gasteiger partial charge in [-0.15, -0.1) is 0 Å². The maximum absolute atomic E-state index is 13.2. The molecule has 1 aromatic carbocycles. The normalized spacial score (nSPS) is 13.0. The number of halogens is 6. The molecule has 0 unspecified atom stereocenters. The fraction of sp³-hybridized carbons (Fsp3) is 0.250. The van der Waals surface area contributed by atoms with E-state index in [-0.39, 0.29) is 46.1 Å². The van der Waals surface area contributed by atoms with Crippen molar-refractivity contribution >= 4 is 16.8 Å². The maximum Gasteiger partial charge on any atom is 0.433 e. The largest absolute Gasteiger partial charge is 0.494 e. The molecule has 14 heteroatoms. The molecule has 3 heterocycles. The number of amides is 1. The first-order valence-electron chi connectivity index (χ1n) is 10.9. The van der Waals surface area contributed by atoms with Gasteiger partial charge >= 0.3 is 12.4 Å². The number of nitrogens with one attached hydrogen (secondary N) is 1. The summed E-state index contributed by atoms with van der Waals surface area (Å²) in [6.45, 7) is 1.37. The second-order valence-electron chi connectivity index (χ2n) is 8.16. The van der Waals surface area contributed by atoms with Crippen molar-refractivity contribution in [2.45, 2.75) is 31.9 Å². The third kappa shape index (κ3) is 5.39. The quantitative estimate of drug-likeness (QED) is 0.320. The standard InChI is InChI=1S/C24H19F6N5O3/c1-11(31)20-19(21(36)33-10-12-3-7-16(32-9-12)23(25,26)27)35-22(38-20)14-4-6-15(37-2)18-13(14)5-8-17(34-18)24(28,29)30/h3-9,11H,10,31H2,1-2H3,(H,33,36)/t11-/m0/s1. The number of carbonyl (C=O) groups is 1. The lowest BCUT2D eigenvalue weighted by molar-refractivity contribution is -0.141. The summed E-state index contributed by atoms with van der Waals surface area (Å²) in [5.74, 6) is -0.765. The molecule has 38 heavy (non-hydrogen) atoms. The monoisotopic (exact) mass is 539 g/mol. The SMILES string of the molecule is COc1ccc(-c2nc(C(=O)NCc3ccc(C(F)(F)F)nc3)c([C@H](C)N)o2)c2ccc(C(F)(F)F)nc12. The molecular formula is C24H19F6N5O3. The summed E-state index contributed by atoms with van der Waals surface area (Å²) < 4.78 is 88.7. The molecule has 3 aromatic heterocycles. The first-order chi connectivity index (χ1) is 17.8. The fourth-order valence-electron chi connectivity index (χ4n) is 3.58. The van der Waals surface area contributed by atoms with Crippen LogP contribution in [-0.4, -0.2) is 28.0 Å². The van der Waals surface area contributed by atoms with Crippen LogP contribution in [0.2, 0.25) is 0 Å². The molecule has 3 N–H and O–H groups in total. The van der Waals surface area contributed by atoms with E-state index >= 15 is 0 Å². The molecule has 200 valence electrons. The number of hydrogen-bond acceptors (Lipinski definition) is 7. The van der Waals surface area contributed by atoms with Gasteiger partial charge in [-0.1, -0.05) is 6.07 Å². The van der Waals surface area contributed by atoms with Gasteiger partial charge in [0.1, 0.15) is 22.7 Å². The highest BCUT2D eigenvalue weighted by atomic mass is 19.4. The van der Waals surface area contributed by atoms with E-state index in [9.17, 15) is 31.1 Å². The lowest BCUT2D eigenvalue weighted by Gasteiger charge is -2.11. The van der Waals surface area contributed by atoms with Crippen LogP contribution in [0, 0.1) is 0 Å². The van der Waals surface area contributed by atoms with Crippen molar-refractivity contribution in [1.82, 2.24) is 20.3 Å². The van der Waals surface area contributed by atoms with Crippen LogP contribution in [0.15, 0.2) is 47.0 Å². The smallest absolute Gasteiger partial charge is 0.433 e. The molecule has 4 aromatic rings. The van der Waals surface area contributed by atoms with Gasteiger partial charge < -0.3 is 20.2 Å². The Labute approximate surface area is 210 Å².